The van der Waals surface area contributed by atoms with E-state index in [9.17, 15) is 4.79 Å². The van der Waals surface area contributed by atoms with Crippen LogP contribution in [0.5, 0.6) is 11.5 Å². The summed E-state index contributed by atoms with van der Waals surface area (Å²) in [5.41, 5.74) is 8.17. The van der Waals surface area contributed by atoms with E-state index in [1.165, 1.54) is 0 Å². The van der Waals surface area contributed by atoms with Gasteiger partial charge in [-0.3, -0.25) is 4.79 Å². The summed E-state index contributed by atoms with van der Waals surface area (Å²) in [6.45, 7) is 1.77. The molecule has 2 aromatic rings. The highest BCUT2D eigenvalue weighted by molar-refractivity contribution is 5.80. The third-order valence-electron chi connectivity index (χ3n) is 6.36. The topological polar surface area (TPSA) is 64.8 Å². The van der Waals surface area contributed by atoms with Crippen LogP contribution in [0.15, 0.2) is 48.5 Å². The Kier molecular flexibility index (Phi) is 6.05. The first kappa shape index (κ1) is 19.8. The number of nitrogens with zero attached hydrogens (tertiary/aromatic N) is 1. The molecule has 29 heavy (non-hydrogen) atoms. The fraction of sp³-hybridized carbons (Fsp3) is 0.458. The Labute approximate surface area is 172 Å². The van der Waals surface area contributed by atoms with E-state index in [1.807, 2.05) is 36.4 Å². The van der Waals surface area contributed by atoms with Crippen molar-refractivity contribution >= 4 is 5.91 Å². The Morgan fingerprint density at radius 1 is 1.17 bits per heavy atom. The van der Waals surface area contributed by atoms with Crippen molar-refractivity contribution in [2.45, 2.75) is 38.3 Å². The summed E-state index contributed by atoms with van der Waals surface area (Å²) in [7, 11) is 1.66. The predicted octanol–water partition coefficient (Wildman–Crippen LogP) is 3.92. The van der Waals surface area contributed by atoms with Crippen LogP contribution in [0.2, 0.25) is 0 Å². The average molecular weight is 395 g/mol. The summed E-state index contributed by atoms with van der Waals surface area (Å²) in [4.78, 5) is 15.8. The quantitative estimate of drug-likeness (QED) is 0.806. The largest absolute Gasteiger partial charge is 0.497 e. The molecule has 2 N–H and O–H groups in total. The summed E-state index contributed by atoms with van der Waals surface area (Å²) in [6.07, 6.45) is 3.83. The highest BCUT2D eigenvalue weighted by Gasteiger charge is 2.39. The molecule has 4 rings (SSSR count). The van der Waals surface area contributed by atoms with E-state index < -0.39 is 0 Å². The fourth-order valence-corrected chi connectivity index (χ4v) is 4.78. The molecule has 0 bridgehead atoms. The number of hydrogen-bond acceptors (Lipinski definition) is 4. The van der Waals surface area contributed by atoms with Gasteiger partial charge >= 0.3 is 0 Å². The molecule has 0 radical (unpaired) electrons. The van der Waals surface area contributed by atoms with E-state index in [2.05, 4.69) is 17.0 Å². The second-order valence-electron chi connectivity index (χ2n) is 8.04. The Bertz CT molecular complexity index is 839. The van der Waals surface area contributed by atoms with Crippen LogP contribution >= 0.6 is 0 Å². The maximum atomic E-state index is 13.8. The first-order valence-electron chi connectivity index (χ1n) is 10.6. The number of hydrogen-bond donors (Lipinski definition) is 1. The van der Waals surface area contributed by atoms with Crippen molar-refractivity contribution in [3.05, 3.63) is 59.7 Å². The predicted molar refractivity (Wildman–Crippen MR) is 113 cm³/mol. The minimum absolute atomic E-state index is 0.0145. The smallest absolute Gasteiger partial charge is 0.226 e. The normalized spacial score (nSPS) is 23.2. The molecule has 1 amide bonds. The van der Waals surface area contributed by atoms with Gasteiger partial charge in [0.1, 0.15) is 11.5 Å². The number of nitrogens with two attached hydrogens (primary N) is 1. The second-order valence-corrected chi connectivity index (χ2v) is 8.04. The molecule has 1 saturated carbocycles. The Morgan fingerprint density at radius 3 is 2.76 bits per heavy atom. The van der Waals surface area contributed by atoms with Crippen molar-refractivity contribution in [3.8, 4) is 11.5 Å². The lowest BCUT2D eigenvalue weighted by Gasteiger charge is -2.38. The van der Waals surface area contributed by atoms with E-state index in [-0.39, 0.29) is 23.8 Å². The highest BCUT2D eigenvalue weighted by atomic mass is 16.5. The third-order valence-corrected chi connectivity index (χ3v) is 6.36. The van der Waals surface area contributed by atoms with E-state index in [4.69, 9.17) is 15.2 Å². The number of carbonyl (C=O) groups is 1. The minimum Gasteiger partial charge on any atom is -0.497 e. The zero-order chi connectivity index (χ0) is 20.2. The van der Waals surface area contributed by atoms with Crippen molar-refractivity contribution < 1.29 is 14.3 Å². The molecule has 1 aliphatic heterocycles. The lowest BCUT2D eigenvalue weighted by molar-refractivity contribution is -0.140. The Morgan fingerprint density at radius 2 is 2.00 bits per heavy atom. The molecule has 1 unspecified atom stereocenters. The molecule has 0 saturated heterocycles. The number of amides is 1. The molecule has 5 heteroatoms. The second kappa shape index (κ2) is 8.87. The lowest BCUT2D eigenvalue weighted by Crippen LogP contribution is -2.42. The number of fused-ring (bicyclic) bond motifs is 1. The summed E-state index contributed by atoms with van der Waals surface area (Å²) in [5.74, 6) is 2.15. The lowest BCUT2D eigenvalue weighted by atomic mass is 9.91. The van der Waals surface area contributed by atoms with Crippen molar-refractivity contribution in [1.29, 1.82) is 0 Å². The zero-order valence-electron chi connectivity index (χ0n) is 17.0. The summed E-state index contributed by atoms with van der Waals surface area (Å²) >= 11 is 0. The minimum atomic E-state index is -0.0272. The first-order chi connectivity index (χ1) is 14.2. The first-order valence-corrected chi connectivity index (χ1v) is 10.6. The van der Waals surface area contributed by atoms with Gasteiger partial charge in [-0.05, 0) is 49.1 Å². The van der Waals surface area contributed by atoms with Gasteiger partial charge in [0, 0.05) is 24.4 Å². The molecular formula is C24H30N2O3. The molecule has 1 aliphatic carbocycles. The number of methoxy groups -OCH3 is 1. The van der Waals surface area contributed by atoms with Crippen LogP contribution in [0.3, 0.4) is 0 Å². The van der Waals surface area contributed by atoms with E-state index in [0.717, 1.165) is 48.3 Å². The van der Waals surface area contributed by atoms with Crippen LogP contribution in [-0.2, 0) is 11.3 Å². The molecule has 2 aromatic carbocycles. The monoisotopic (exact) mass is 394 g/mol. The Balaban J connectivity index is 1.70. The number of ether oxygens (including phenoxy) is 2. The Hall–Kier alpha value is -2.53. The van der Waals surface area contributed by atoms with Gasteiger partial charge in [0.25, 0.3) is 0 Å². The van der Waals surface area contributed by atoms with Crippen molar-refractivity contribution in [2.24, 2.45) is 17.6 Å². The van der Waals surface area contributed by atoms with Crippen LogP contribution in [0, 0.1) is 11.8 Å². The molecule has 5 nitrogen and oxygen atoms in total. The molecular weight excluding hydrogens is 364 g/mol. The highest BCUT2D eigenvalue weighted by Crippen LogP contribution is 2.41. The fourth-order valence-electron chi connectivity index (χ4n) is 4.78. The van der Waals surface area contributed by atoms with Crippen LogP contribution in [0.4, 0.5) is 0 Å². The summed E-state index contributed by atoms with van der Waals surface area (Å²) < 4.78 is 11.3. The van der Waals surface area contributed by atoms with E-state index in [1.54, 1.807) is 7.11 Å². The molecule has 0 aromatic heterocycles. The molecule has 3 atom stereocenters. The average Bonchev–Trinajstić information content (AvgIpc) is 3.26. The maximum Gasteiger partial charge on any atom is 0.226 e. The summed E-state index contributed by atoms with van der Waals surface area (Å²) in [5, 5.41) is 0. The van der Waals surface area contributed by atoms with Crippen LogP contribution in [0.25, 0.3) is 0 Å². The van der Waals surface area contributed by atoms with E-state index in [0.29, 0.717) is 19.7 Å². The van der Waals surface area contributed by atoms with Crippen LogP contribution in [0.1, 0.15) is 42.9 Å². The molecule has 1 fully saturated rings. The SMILES string of the molecule is COc1ccc2c(c1)C(N(Cc1ccccc1)C(=O)[C@@H]1CCC[C@@H]1CN)CCO2. The van der Waals surface area contributed by atoms with Gasteiger partial charge in [0.05, 0.1) is 19.8 Å². The number of carbonyl (C=O) groups excluding carboxylic acids is 1. The zero-order valence-corrected chi connectivity index (χ0v) is 17.0. The maximum absolute atomic E-state index is 13.8. The summed E-state index contributed by atoms with van der Waals surface area (Å²) in [6, 6.07) is 16.1. The number of benzene rings is 2. The van der Waals surface area contributed by atoms with Gasteiger partial charge in [-0.15, -0.1) is 0 Å². The molecule has 154 valence electrons. The third kappa shape index (κ3) is 4.10. The molecule has 2 aliphatic rings. The van der Waals surface area contributed by atoms with Crippen molar-refractivity contribution in [2.75, 3.05) is 20.3 Å². The van der Waals surface area contributed by atoms with E-state index >= 15 is 0 Å². The van der Waals surface area contributed by atoms with Gasteiger partial charge in [-0.1, -0.05) is 36.8 Å². The van der Waals surface area contributed by atoms with Crippen molar-refractivity contribution in [1.82, 2.24) is 4.90 Å². The molecule has 1 heterocycles. The van der Waals surface area contributed by atoms with Crippen LogP contribution in [-0.4, -0.2) is 31.1 Å². The van der Waals surface area contributed by atoms with Gasteiger partial charge in [0.15, 0.2) is 0 Å². The van der Waals surface area contributed by atoms with Gasteiger partial charge in [0.2, 0.25) is 5.91 Å². The number of rotatable bonds is 6. The van der Waals surface area contributed by atoms with Crippen molar-refractivity contribution in [3.63, 3.8) is 0 Å². The molecule has 0 spiro atoms. The van der Waals surface area contributed by atoms with Crippen LogP contribution < -0.4 is 15.2 Å². The van der Waals surface area contributed by atoms with Gasteiger partial charge in [-0.25, -0.2) is 0 Å². The standard InChI is InChI=1S/C24H30N2O3/c1-28-19-10-11-23-21(14-19)22(12-13-29-23)26(16-17-6-3-2-4-7-17)24(27)20-9-5-8-18(20)15-25/h2-4,6-7,10-11,14,18,20,22H,5,8-9,12-13,15-16,25H2,1H3/t18-,20-,22?/m1/s1. The van der Waals surface area contributed by atoms with Gasteiger partial charge in [-0.2, -0.15) is 0 Å². The van der Waals surface area contributed by atoms with Gasteiger partial charge < -0.3 is 20.1 Å².